The van der Waals surface area contributed by atoms with Crippen molar-refractivity contribution in [2.45, 2.75) is 19.4 Å². The molecule has 82 valence electrons. The van der Waals surface area contributed by atoms with Gasteiger partial charge < -0.3 is 16.4 Å². The van der Waals surface area contributed by atoms with Gasteiger partial charge in [-0.25, -0.2) is 0 Å². The van der Waals surface area contributed by atoms with Crippen molar-refractivity contribution in [3.05, 3.63) is 5.69 Å². The number of carbonyl (C=O) groups excluding carboxylic acids is 1. The van der Waals surface area contributed by atoms with Crippen molar-refractivity contribution >= 4 is 17.4 Å². The minimum Gasteiger partial charge on any atom is -0.394 e. The Kier molecular flexibility index (Phi) is 2.26. The molecule has 0 aromatic carbocycles. The standard InChI is InChI=1S/C9H15N5O/c1-5-8(10)9(14(2)13-5)12-6-3-7(15)11-4-6/h6,12H,3-4,10H2,1-2H3,(H,11,15). The number of nitrogens with one attached hydrogen (secondary N) is 2. The van der Waals surface area contributed by atoms with Crippen LogP contribution in [0.4, 0.5) is 11.5 Å². The number of carbonyl (C=O) groups is 1. The molecule has 0 saturated carbocycles. The summed E-state index contributed by atoms with van der Waals surface area (Å²) in [5.74, 6) is 0.860. The van der Waals surface area contributed by atoms with Gasteiger partial charge in [0.2, 0.25) is 5.91 Å². The topological polar surface area (TPSA) is 85.0 Å². The highest BCUT2D eigenvalue weighted by Gasteiger charge is 2.23. The monoisotopic (exact) mass is 209 g/mol. The van der Waals surface area contributed by atoms with Crippen LogP contribution in [0.5, 0.6) is 0 Å². The third-order valence-corrected chi connectivity index (χ3v) is 2.59. The van der Waals surface area contributed by atoms with Crippen molar-refractivity contribution in [2.24, 2.45) is 7.05 Å². The van der Waals surface area contributed by atoms with Gasteiger partial charge in [0, 0.05) is 20.0 Å². The van der Waals surface area contributed by atoms with Crippen LogP contribution in [-0.2, 0) is 11.8 Å². The minimum absolute atomic E-state index is 0.0740. The molecule has 0 radical (unpaired) electrons. The summed E-state index contributed by atoms with van der Waals surface area (Å²) in [6.07, 6.45) is 0.490. The van der Waals surface area contributed by atoms with Crippen molar-refractivity contribution < 1.29 is 4.79 Å². The fourth-order valence-electron chi connectivity index (χ4n) is 1.75. The van der Waals surface area contributed by atoms with E-state index < -0.39 is 0 Å². The molecule has 1 atom stereocenters. The zero-order valence-electron chi connectivity index (χ0n) is 8.87. The van der Waals surface area contributed by atoms with Crippen LogP contribution in [0.1, 0.15) is 12.1 Å². The Morgan fingerprint density at radius 2 is 2.40 bits per heavy atom. The number of hydrogen-bond acceptors (Lipinski definition) is 4. The molecule has 1 saturated heterocycles. The van der Waals surface area contributed by atoms with Crippen LogP contribution in [-0.4, -0.2) is 28.3 Å². The summed E-state index contributed by atoms with van der Waals surface area (Å²) in [6.45, 7) is 2.50. The van der Waals surface area contributed by atoms with Gasteiger partial charge in [-0.1, -0.05) is 0 Å². The van der Waals surface area contributed by atoms with E-state index in [2.05, 4.69) is 15.7 Å². The van der Waals surface area contributed by atoms with Gasteiger partial charge in [0.25, 0.3) is 0 Å². The molecule has 1 aliphatic heterocycles. The molecule has 4 N–H and O–H groups in total. The van der Waals surface area contributed by atoms with E-state index in [0.29, 0.717) is 18.7 Å². The van der Waals surface area contributed by atoms with Gasteiger partial charge >= 0.3 is 0 Å². The Bertz CT molecular complexity index is 397. The maximum atomic E-state index is 11.0. The molecule has 0 bridgehead atoms. The highest BCUT2D eigenvalue weighted by atomic mass is 16.1. The number of anilines is 2. The number of aromatic nitrogens is 2. The first-order valence-electron chi connectivity index (χ1n) is 4.90. The largest absolute Gasteiger partial charge is 0.394 e. The van der Waals surface area contributed by atoms with Gasteiger partial charge in [0.1, 0.15) is 5.82 Å². The van der Waals surface area contributed by atoms with Crippen LogP contribution >= 0.6 is 0 Å². The van der Waals surface area contributed by atoms with E-state index in [4.69, 9.17) is 5.73 Å². The Morgan fingerprint density at radius 1 is 1.67 bits per heavy atom. The highest BCUT2D eigenvalue weighted by Crippen LogP contribution is 2.22. The summed E-state index contributed by atoms with van der Waals surface area (Å²) < 4.78 is 1.70. The molecule has 0 spiro atoms. The van der Waals surface area contributed by atoms with Crippen LogP contribution in [0.3, 0.4) is 0 Å². The lowest BCUT2D eigenvalue weighted by molar-refractivity contribution is -0.119. The maximum Gasteiger partial charge on any atom is 0.222 e. The molecule has 1 fully saturated rings. The zero-order valence-corrected chi connectivity index (χ0v) is 8.87. The molecule has 6 nitrogen and oxygen atoms in total. The van der Waals surface area contributed by atoms with E-state index in [-0.39, 0.29) is 11.9 Å². The summed E-state index contributed by atoms with van der Waals surface area (Å²) in [4.78, 5) is 11.0. The highest BCUT2D eigenvalue weighted by molar-refractivity contribution is 5.80. The molecule has 15 heavy (non-hydrogen) atoms. The normalized spacial score (nSPS) is 20.4. The van der Waals surface area contributed by atoms with Crippen LogP contribution in [0.2, 0.25) is 0 Å². The van der Waals surface area contributed by atoms with Crippen LogP contribution in [0, 0.1) is 6.92 Å². The average molecular weight is 209 g/mol. The van der Waals surface area contributed by atoms with Gasteiger partial charge in [-0.05, 0) is 6.92 Å². The fraction of sp³-hybridized carbons (Fsp3) is 0.556. The number of hydrogen-bond donors (Lipinski definition) is 3. The zero-order chi connectivity index (χ0) is 11.0. The fourth-order valence-corrected chi connectivity index (χ4v) is 1.75. The predicted molar refractivity (Wildman–Crippen MR) is 57.4 cm³/mol. The first-order valence-corrected chi connectivity index (χ1v) is 4.90. The summed E-state index contributed by atoms with van der Waals surface area (Å²) in [5, 5.41) is 10.2. The number of nitrogen functional groups attached to an aromatic ring is 1. The second-order valence-electron chi connectivity index (χ2n) is 3.82. The Hall–Kier alpha value is -1.72. The van der Waals surface area contributed by atoms with E-state index in [0.717, 1.165) is 11.5 Å². The average Bonchev–Trinajstić information content (AvgIpc) is 2.67. The predicted octanol–water partition coefficient (Wildman–Crippen LogP) is -0.389. The minimum atomic E-state index is 0.0740. The molecule has 2 rings (SSSR count). The molecular formula is C9H15N5O. The van der Waals surface area contributed by atoms with E-state index in [1.165, 1.54) is 0 Å². The van der Waals surface area contributed by atoms with Crippen molar-refractivity contribution in [1.82, 2.24) is 15.1 Å². The summed E-state index contributed by atoms with van der Waals surface area (Å²) in [7, 11) is 1.83. The van der Waals surface area contributed by atoms with E-state index in [9.17, 15) is 4.79 Å². The molecule has 1 unspecified atom stereocenters. The van der Waals surface area contributed by atoms with Crippen molar-refractivity contribution in [2.75, 3.05) is 17.6 Å². The van der Waals surface area contributed by atoms with Crippen LogP contribution in [0.15, 0.2) is 0 Å². The number of rotatable bonds is 2. The number of amides is 1. The molecule has 1 aromatic rings. The number of aryl methyl sites for hydroxylation is 2. The maximum absolute atomic E-state index is 11.0. The molecule has 0 aliphatic carbocycles. The van der Waals surface area contributed by atoms with Gasteiger partial charge in [0.05, 0.1) is 17.4 Å². The van der Waals surface area contributed by atoms with E-state index in [1.807, 2.05) is 14.0 Å². The molecular weight excluding hydrogens is 194 g/mol. The smallest absolute Gasteiger partial charge is 0.222 e. The first kappa shape index (κ1) is 9.82. The SMILES string of the molecule is Cc1nn(C)c(NC2CNC(=O)C2)c1N. The third kappa shape index (κ3) is 1.74. The van der Waals surface area contributed by atoms with Gasteiger partial charge in [-0.2, -0.15) is 5.10 Å². The van der Waals surface area contributed by atoms with Gasteiger partial charge in [-0.15, -0.1) is 0 Å². The number of nitrogens with two attached hydrogens (primary N) is 1. The van der Waals surface area contributed by atoms with E-state index in [1.54, 1.807) is 4.68 Å². The van der Waals surface area contributed by atoms with Crippen LogP contribution in [0.25, 0.3) is 0 Å². The lowest BCUT2D eigenvalue weighted by Crippen LogP contribution is -2.24. The Morgan fingerprint density at radius 3 is 2.87 bits per heavy atom. The van der Waals surface area contributed by atoms with Gasteiger partial charge in [-0.3, -0.25) is 9.48 Å². The lowest BCUT2D eigenvalue weighted by Gasteiger charge is -2.12. The number of nitrogens with zero attached hydrogens (tertiary/aromatic N) is 2. The Labute approximate surface area is 87.8 Å². The van der Waals surface area contributed by atoms with Crippen molar-refractivity contribution in [3.63, 3.8) is 0 Å². The Balaban J connectivity index is 2.13. The molecule has 1 aromatic heterocycles. The molecule has 1 amide bonds. The second kappa shape index (κ2) is 3.45. The van der Waals surface area contributed by atoms with Crippen molar-refractivity contribution in [1.29, 1.82) is 0 Å². The quantitative estimate of drug-likeness (QED) is 0.619. The molecule has 2 heterocycles. The lowest BCUT2D eigenvalue weighted by atomic mass is 10.2. The summed E-state index contributed by atoms with van der Waals surface area (Å²) in [6, 6.07) is 0.106. The summed E-state index contributed by atoms with van der Waals surface area (Å²) in [5.41, 5.74) is 7.32. The summed E-state index contributed by atoms with van der Waals surface area (Å²) >= 11 is 0. The van der Waals surface area contributed by atoms with E-state index >= 15 is 0 Å². The third-order valence-electron chi connectivity index (χ3n) is 2.59. The first-order chi connectivity index (χ1) is 7.08. The van der Waals surface area contributed by atoms with Crippen LogP contribution < -0.4 is 16.4 Å². The molecule has 1 aliphatic rings. The second-order valence-corrected chi connectivity index (χ2v) is 3.82. The molecule has 6 heteroatoms. The van der Waals surface area contributed by atoms with Crippen molar-refractivity contribution in [3.8, 4) is 0 Å². The van der Waals surface area contributed by atoms with Gasteiger partial charge in [0.15, 0.2) is 0 Å².